The standard InChI is InChI=1S/C19H23NO5/c1-2-16-15(14-5-3-4-6-17(14)25-16)11-18(21)20(12-19(22)23)13-7-9-24-10-8-13/h3-6,13H,2,7-12H2,1H3,(H,22,23). The molecule has 1 fully saturated rings. The van der Waals surface area contributed by atoms with Gasteiger partial charge in [0, 0.05) is 36.6 Å². The third-order valence-electron chi connectivity index (χ3n) is 4.69. The molecule has 0 spiro atoms. The number of aliphatic carboxylic acids is 1. The summed E-state index contributed by atoms with van der Waals surface area (Å²) < 4.78 is 11.2. The third-order valence-corrected chi connectivity index (χ3v) is 4.69. The highest BCUT2D eigenvalue weighted by atomic mass is 16.5. The second-order valence-electron chi connectivity index (χ2n) is 6.29. The van der Waals surface area contributed by atoms with E-state index in [1.807, 2.05) is 31.2 Å². The van der Waals surface area contributed by atoms with Gasteiger partial charge in [-0.2, -0.15) is 0 Å². The summed E-state index contributed by atoms with van der Waals surface area (Å²) in [6.45, 7) is 2.83. The molecule has 6 nitrogen and oxygen atoms in total. The van der Waals surface area contributed by atoms with Gasteiger partial charge in [-0.15, -0.1) is 0 Å². The Hall–Kier alpha value is -2.34. The van der Waals surface area contributed by atoms with Crippen LogP contribution in [0.3, 0.4) is 0 Å². The van der Waals surface area contributed by atoms with Crippen LogP contribution in [0.15, 0.2) is 28.7 Å². The van der Waals surface area contributed by atoms with Crippen LogP contribution in [0.1, 0.15) is 31.1 Å². The monoisotopic (exact) mass is 345 g/mol. The lowest BCUT2D eigenvalue weighted by Gasteiger charge is -2.33. The van der Waals surface area contributed by atoms with Gasteiger partial charge >= 0.3 is 5.97 Å². The van der Waals surface area contributed by atoms with Gasteiger partial charge in [0.25, 0.3) is 0 Å². The van der Waals surface area contributed by atoms with Crippen molar-refractivity contribution >= 4 is 22.8 Å². The van der Waals surface area contributed by atoms with Gasteiger partial charge in [0.15, 0.2) is 0 Å². The predicted molar refractivity (Wildman–Crippen MR) is 92.5 cm³/mol. The minimum Gasteiger partial charge on any atom is -0.480 e. The highest BCUT2D eigenvalue weighted by molar-refractivity contribution is 5.90. The molecule has 0 saturated carbocycles. The third kappa shape index (κ3) is 3.85. The van der Waals surface area contributed by atoms with E-state index in [1.165, 1.54) is 4.90 Å². The number of hydrogen-bond donors (Lipinski definition) is 1. The Morgan fingerprint density at radius 2 is 1.96 bits per heavy atom. The van der Waals surface area contributed by atoms with Crippen molar-refractivity contribution in [2.75, 3.05) is 19.8 Å². The highest BCUT2D eigenvalue weighted by Crippen LogP contribution is 2.27. The number of carbonyl (C=O) groups is 2. The van der Waals surface area contributed by atoms with E-state index >= 15 is 0 Å². The fraction of sp³-hybridized carbons (Fsp3) is 0.474. The molecular weight excluding hydrogens is 322 g/mol. The number of ether oxygens (including phenoxy) is 1. The lowest BCUT2D eigenvalue weighted by Crippen LogP contribution is -2.46. The van der Waals surface area contributed by atoms with Gasteiger partial charge in [-0.3, -0.25) is 9.59 Å². The Balaban J connectivity index is 1.86. The molecule has 25 heavy (non-hydrogen) atoms. The van der Waals surface area contributed by atoms with Crippen LogP contribution in [0.25, 0.3) is 11.0 Å². The fourth-order valence-corrected chi connectivity index (χ4v) is 3.45. The molecule has 0 aliphatic carbocycles. The largest absolute Gasteiger partial charge is 0.480 e. The molecule has 0 radical (unpaired) electrons. The lowest BCUT2D eigenvalue weighted by atomic mass is 10.0. The number of aryl methyl sites for hydroxylation is 1. The van der Waals surface area contributed by atoms with E-state index in [9.17, 15) is 14.7 Å². The second kappa shape index (κ2) is 7.70. The van der Waals surface area contributed by atoms with Crippen LogP contribution >= 0.6 is 0 Å². The first-order valence-corrected chi connectivity index (χ1v) is 8.68. The second-order valence-corrected chi connectivity index (χ2v) is 6.29. The van der Waals surface area contributed by atoms with Crippen molar-refractivity contribution in [1.29, 1.82) is 0 Å². The zero-order valence-corrected chi connectivity index (χ0v) is 14.4. The first-order chi connectivity index (χ1) is 12.1. The smallest absolute Gasteiger partial charge is 0.323 e. The Labute approximate surface area is 146 Å². The van der Waals surface area contributed by atoms with Crippen molar-refractivity contribution in [3.05, 3.63) is 35.6 Å². The van der Waals surface area contributed by atoms with E-state index in [4.69, 9.17) is 9.15 Å². The Bertz CT molecular complexity index is 760. The number of para-hydroxylation sites is 1. The average molecular weight is 345 g/mol. The number of amides is 1. The molecule has 3 rings (SSSR count). The maximum absolute atomic E-state index is 12.9. The minimum absolute atomic E-state index is 0.0828. The molecule has 0 unspecified atom stereocenters. The Morgan fingerprint density at radius 3 is 2.64 bits per heavy atom. The summed E-state index contributed by atoms with van der Waals surface area (Å²) in [4.78, 5) is 25.7. The molecule has 1 N–H and O–H groups in total. The van der Waals surface area contributed by atoms with Gasteiger partial charge in [-0.1, -0.05) is 25.1 Å². The molecule has 2 aromatic rings. The number of fused-ring (bicyclic) bond motifs is 1. The number of carbonyl (C=O) groups excluding carboxylic acids is 1. The lowest BCUT2D eigenvalue weighted by molar-refractivity contribution is -0.147. The van der Waals surface area contributed by atoms with Gasteiger partial charge in [0.05, 0.1) is 6.42 Å². The van der Waals surface area contributed by atoms with E-state index < -0.39 is 5.97 Å². The highest BCUT2D eigenvalue weighted by Gasteiger charge is 2.29. The molecule has 2 heterocycles. The molecule has 1 aliphatic heterocycles. The SMILES string of the molecule is CCc1oc2ccccc2c1CC(=O)N(CC(=O)O)C1CCOCC1. The van der Waals surface area contributed by atoms with Crippen molar-refractivity contribution in [2.24, 2.45) is 0 Å². The van der Waals surface area contributed by atoms with Crippen LogP contribution in [0.5, 0.6) is 0 Å². The van der Waals surface area contributed by atoms with Gasteiger partial charge in [-0.25, -0.2) is 0 Å². The molecule has 1 aliphatic rings. The van der Waals surface area contributed by atoms with Crippen molar-refractivity contribution in [3.8, 4) is 0 Å². The topological polar surface area (TPSA) is 80.0 Å². The maximum Gasteiger partial charge on any atom is 0.323 e. The van der Waals surface area contributed by atoms with Crippen LogP contribution < -0.4 is 0 Å². The number of rotatable bonds is 6. The average Bonchev–Trinajstić information content (AvgIpc) is 2.98. The van der Waals surface area contributed by atoms with E-state index in [2.05, 4.69) is 0 Å². The number of benzene rings is 1. The summed E-state index contributed by atoms with van der Waals surface area (Å²) in [7, 11) is 0. The molecule has 134 valence electrons. The molecule has 1 aromatic heterocycles. The first kappa shape index (κ1) is 17.5. The summed E-state index contributed by atoms with van der Waals surface area (Å²) in [5, 5.41) is 10.1. The summed E-state index contributed by atoms with van der Waals surface area (Å²) in [5.74, 6) is -0.375. The zero-order valence-electron chi connectivity index (χ0n) is 14.4. The summed E-state index contributed by atoms with van der Waals surface area (Å²) in [6.07, 6.45) is 2.19. The van der Waals surface area contributed by atoms with Gasteiger partial charge in [-0.05, 0) is 18.9 Å². The normalized spacial score (nSPS) is 15.4. The van der Waals surface area contributed by atoms with Crippen LogP contribution in [-0.2, 0) is 27.2 Å². The molecule has 6 heteroatoms. The molecular formula is C19H23NO5. The van der Waals surface area contributed by atoms with Gasteiger partial charge < -0.3 is 19.2 Å². The van der Waals surface area contributed by atoms with Gasteiger partial charge in [0.2, 0.25) is 5.91 Å². The van der Waals surface area contributed by atoms with E-state index in [0.29, 0.717) is 32.5 Å². The fourth-order valence-electron chi connectivity index (χ4n) is 3.45. The molecule has 1 saturated heterocycles. The Kier molecular flexibility index (Phi) is 5.38. The number of nitrogens with zero attached hydrogens (tertiary/aromatic N) is 1. The van der Waals surface area contributed by atoms with Crippen LogP contribution in [0.2, 0.25) is 0 Å². The number of furan rings is 1. The molecule has 0 atom stereocenters. The molecule has 1 aromatic carbocycles. The van der Waals surface area contributed by atoms with Gasteiger partial charge in [0.1, 0.15) is 17.9 Å². The van der Waals surface area contributed by atoms with Crippen molar-refractivity contribution in [2.45, 2.75) is 38.6 Å². The van der Waals surface area contributed by atoms with Crippen molar-refractivity contribution in [1.82, 2.24) is 4.90 Å². The quantitative estimate of drug-likeness (QED) is 0.870. The van der Waals surface area contributed by atoms with Crippen molar-refractivity contribution < 1.29 is 23.8 Å². The van der Waals surface area contributed by atoms with Crippen LogP contribution in [0, 0.1) is 0 Å². The summed E-state index contributed by atoms with van der Waals surface area (Å²) >= 11 is 0. The Morgan fingerprint density at radius 1 is 1.24 bits per heavy atom. The molecule has 0 bridgehead atoms. The van der Waals surface area contributed by atoms with E-state index in [-0.39, 0.29) is 24.9 Å². The number of carboxylic acid groups (broad SMARTS) is 1. The maximum atomic E-state index is 12.9. The molecule has 1 amide bonds. The van der Waals surface area contributed by atoms with E-state index in [0.717, 1.165) is 22.3 Å². The number of hydrogen-bond acceptors (Lipinski definition) is 4. The summed E-state index contributed by atoms with van der Waals surface area (Å²) in [6, 6.07) is 7.56. The summed E-state index contributed by atoms with van der Waals surface area (Å²) in [5.41, 5.74) is 1.63. The van der Waals surface area contributed by atoms with Crippen LogP contribution in [0.4, 0.5) is 0 Å². The number of carboxylic acids is 1. The zero-order chi connectivity index (χ0) is 17.8. The van der Waals surface area contributed by atoms with E-state index in [1.54, 1.807) is 0 Å². The van der Waals surface area contributed by atoms with Crippen LogP contribution in [-0.4, -0.2) is 47.7 Å². The van der Waals surface area contributed by atoms with Crippen molar-refractivity contribution in [3.63, 3.8) is 0 Å². The minimum atomic E-state index is -0.993. The first-order valence-electron chi connectivity index (χ1n) is 8.68. The predicted octanol–water partition coefficient (Wildman–Crippen LogP) is 2.63.